The lowest BCUT2D eigenvalue weighted by Crippen LogP contribution is -2.21. The largest absolute Gasteiger partial charge is 0.331 e. The van der Waals surface area contributed by atoms with Crippen LogP contribution in [-0.2, 0) is 11.3 Å². The first-order chi connectivity index (χ1) is 12.2. The predicted molar refractivity (Wildman–Crippen MR) is 101 cm³/mol. The maximum Gasteiger partial charge on any atom is 0.232 e. The lowest BCUT2D eigenvalue weighted by Gasteiger charge is -2.13. The molecule has 0 radical (unpaired) electrons. The summed E-state index contributed by atoms with van der Waals surface area (Å²) in [6, 6.07) is 16.2. The van der Waals surface area contributed by atoms with Gasteiger partial charge < -0.3 is 9.88 Å². The molecule has 0 bridgehead atoms. The van der Waals surface area contributed by atoms with E-state index in [1.165, 1.54) is 4.90 Å². The molecule has 0 spiro atoms. The number of aryl methyl sites for hydroxylation is 1. The molecule has 1 aromatic heterocycles. The smallest absolute Gasteiger partial charge is 0.232 e. The van der Waals surface area contributed by atoms with Crippen molar-refractivity contribution in [2.45, 2.75) is 24.3 Å². The summed E-state index contributed by atoms with van der Waals surface area (Å²) in [6.45, 7) is 2.73. The monoisotopic (exact) mass is 349 g/mol. The van der Waals surface area contributed by atoms with Crippen LogP contribution >= 0.6 is 11.8 Å². The number of anilines is 1. The average molecular weight is 349 g/mol. The number of hydrogen-bond acceptors (Lipinski definition) is 3. The Hall–Kier alpha value is -2.53. The standard InChI is InChI=1S/C20H19N3OS/c1-14-21-9-10-23(14)12-15-5-4-6-16(11-15)22-20(24)18-13-25-19-8-3-2-7-17(18)19/h2-11,18H,12-13H2,1H3,(H,22,24). The molecule has 2 aromatic carbocycles. The molecule has 0 saturated heterocycles. The Morgan fingerprint density at radius 2 is 2.16 bits per heavy atom. The third-order valence-corrected chi connectivity index (χ3v) is 5.67. The zero-order valence-electron chi connectivity index (χ0n) is 14.0. The molecule has 1 aliphatic rings. The van der Waals surface area contributed by atoms with Crippen molar-refractivity contribution in [2.24, 2.45) is 0 Å². The van der Waals surface area contributed by atoms with Crippen molar-refractivity contribution in [1.82, 2.24) is 9.55 Å². The van der Waals surface area contributed by atoms with Gasteiger partial charge in [0, 0.05) is 35.3 Å². The maximum absolute atomic E-state index is 12.7. The number of carbonyl (C=O) groups is 1. The Bertz CT molecular complexity index is 919. The van der Waals surface area contributed by atoms with Crippen molar-refractivity contribution in [2.75, 3.05) is 11.1 Å². The Morgan fingerprint density at radius 1 is 1.28 bits per heavy atom. The fourth-order valence-corrected chi connectivity index (χ4v) is 4.35. The first kappa shape index (κ1) is 16.0. The Morgan fingerprint density at radius 3 is 3.00 bits per heavy atom. The van der Waals surface area contributed by atoms with Crippen molar-refractivity contribution in [1.29, 1.82) is 0 Å². The molecule has 3 aromatic rings. The van der Waals surface area contributed by atoms with Crippen molar-refractivity contribution in [3.63, 3.8) is 0 Å². The third-order valence-electron chi connectivity index (χ3n) is 4.49. The fourth-order valence-electron chi connectivity index (χ4n) is 3.12. The molecule has 0 saturated carbocycles. The first-order valence-corrected chi connectivity index (χ1v) is 9.28. The Balaban J connectivity index is 1.49. The van der Waals surface area contributed by atoms with Gasteiger partial charge in [0.25, 0.3) is 0 Å². The number of nitrogens with zero attached hydrogens (tertiary/aromatic N) is 2. The summed E-state index contributed by atoms with van der Waals surface area (Å²) in [4.78, 5) is 18.2. The number of hydrogen-bond donors (Lipinski definition) is 1. The first-order valence-electron chi connectivity index (χ1n) is 8.30. The van der Waals surface area contributed by atoms with Gasteiger partial charge in [-0.25, -0.2) is 4.98 Å². The number of thioether (sulfide) groups is 1. The van der Waals surface area contributed by atoms with Crippen LogP contribution in [0.4, 0.5) is 5.69 Å². The average Bonchev–Trinajstić information content (AvgIpc) is 3.22. The highest BCUT2D eigenvalue weighted by Gasteiger charge is 2.28. The van der Waals surface area contributed by atoms with Crippen LogP contribution in [0.25, 0.3) is 0 Å². The number of carbonyl (C=O) groups excluding carboxylic acids is 1. The lowest BCUT2D eigenvalue weighted by molar-refractivity contribution is -0.117. The van der Waals surface area contributed by atoms with E-state index in [1.807, 2.05) is 43.5 Å². The minimum absolute atomic E-state index is 0.0633. The molecular formula is C20H19N3OS. The molecule has 4 rings (SSSR count). The number of fused-ring (bicyclic) bond motifs is 1. The van der Waals surface area contributed by atoms with Gasteiger partial charge in [0.2, 0.25) is 5.91 Å². The highest BCUT2D eigenvalue weighted by molar-refractivity contribution is 7.99. The van der Waals surface area contributed by atoms with Gasteiger partial charge in [-0.2, -0.15) is 0 Å². The van der Waals surface area contributed by atoms with Crippen LogP contribution in [0.15, 0.2) is 65.8 Å². The molecule has 25 heavy (non-hydrogen) atoms. The molecule has 0 fully saturated rings. The Labute approximate surface area is 151 Å². The molecule has 1 aliphatic heterocycles. The van der Waals surface area contributed by atoms with Gasteiger partial charge in [-0.15, -0.1) is 11.8 Å². The minimum atomic E-state index is -0.0826. The van der Waals surface area contributed by atoms with Crippen molar-refractivity contribution < 1.29 is 4.79 Å². The number of aromatic nitrogens is 2. The summed E-state index contributed by atoms with van der Waals surface area (Å²) >= 11 is 1.75. The molecule has 126 valence electrons. The van der Waals surface area contributed by atoms with Crippen LogP contribution in [0.3, 0.4) is 0 Å². The summed E-state index contributed by atoms with van der Waals surface area (Å²) in [5, 5.41) is 3.08. The van der Waals surface area contributed by atoms with Crippen LogP contribution < -0.4 is 5.32 Å². The van der Waals surface area contributed by atoms with Crippen LogP contribution in [0, 0.1) is 6.92 Å². The van der Waals surface area contributed by atoms with Gasteiger partial charge >= 0.3 is 0 Å². The summed E-state index contributed by atoms with van der Waals surface area (Å²) in [7, 11) is 0. The SMILES string of the molecule is Cc1nccn1Cc1cccc(NC(=O)C2CSc3ccccc32)c1. The molecule has 1 unspecified atom stereocenters. The normalized spacial score (nSPS) is 15.8. The molecular weight excluding hydrogens is 330 g/mol. The minimum Gasteiger partial charge on any atom is -0.331 e. The number of rotatable bonds is 4. The van der Waals surface area contributed by atoms with Crippen LogP contribution in [0.1, 0.15) is 22.9 Å². The number of benzene rings is 2. The number of nitrogens with one attached hydrogen (secondary N) is 1. The molecule has 2 heterocycles. The topological polar surface area (TPSA) is 46.9 Å². The van der Waals surface area contributed by atoms with Gasteiger partial charge in [-0.1, -0.05) is 30.3 Å². The molecule has 1 N–H and O–H groups in total. The van der Waals surface area contributed by atoms with Gasteiger partial charge in [0.05, 0.1) is 5.92 Å². The summed E-state index contributed by atoms with van der Waals surface area (Å²) < 4.78 is 2.09. The Kier molecular flexibility index (Phi) is 4.32. The van der Waals surface area contributed by atoms with Crippen molar-refractivity contribution >= 4 is 23.4 Å². The van der Waals surface area contributed by atoms with Gasteiger partial charge in [0.1, 0.15) is 5.82 Å². The zero-order chi connectivity index (χ0) is 17.2. The van der Waals surface area contributed by atoms with E-state index in [2.05, 4.69) is 33.1 Å². The highest BCUT2D eigenvalue weighted by atomic mass is 32.2. The van der Waals surface area contributed by atoms with Crippen molar-refractivity contribution in [3.05, 3.63) is 77.9 Å². The van der Waals surface area contributed by atoms with E-state index < -0.39 is 0 Å². The maximum atomic E-state index is 12.7. The number of amides is 1. The van der Waals surface area contributed by atoms with E-state index in [4.69, 9.17) is 0 Å². The van der Waals surface area contributed by atoms with E-state index in [0.717, 1.165) is 34.9 Å². The highest BCUT2D eigenvalue weighted by Crippen LogP contribution is 2.39. The summed E-state index contributed by atoms with van der Waals surface area (Å²) in [5.41, 5.74) is 3.12. The fraction of sp³-hybridized carbons (Fsp3) is 0.200. The molecule has 0 aliphatic carbocycles. The second-order valence-electron chi connectivity index (χ2n) is 6.19. The zero-order valence-corrected chi connectivity index (χ0v) is 14.8. The van der Waals surface area contributed by atoms with E-state index in [0.29, 0.717) is 0 Å². The predicted octanol–water partition coefficient (Wildman–Crippen LogP) is 4.07. The van der Waals surface area contributed by atoms with Crippen LogP contribution in [0.5, 0.6) is 0 Å². The van der Waals surface area contributed by atoms with Crippen LogP contribution in [-0.4, -0.2) is 21.2 Å². The van der Waals surface area contributed by atoms with Gasteiger partial charge in [-0.05, 0) is 36.2 Å². The second kappa shape index (κ2) is 6.76. The quantitative estimate of drug-likeness (QED) is 0.772. The summed E-state index contributed by atoms with van der Waals surface area (Å²) in [5.74, 6) is 1.77. The van der Waals surface area contributed by atoms with E-state index >= 15 is 0 Å². The lowest BCUT2D eigenvalue weighted by atomic mass is 10.0. The summed E-state index contributed by atoms with van der Waals surface area (Å²) in [6.07, 6.45) is 3.77. The number of imidazole rings is 1. The van der Waals surface area contributed by atoms with E-state index in [-0.39, 0.29) is 11.8 Å². The van der Waals surface area contributed by atoms with E-state index in [9.17, 15) is 4.79 Å². The molecule has 5 heteroatoms. The van der Waals surface area contributed by atoms with Gasteiger partial charge in [0.15, 0.2) is 0 Å². The third kappa shape index (κ3) is 3.33. The molecule has 4 nitrogen and oxygen atoms in total. The molecule has 1 amide bonds. The second-order valence-corrected chi connectivity index (χ2v) is 7.26. The van der Waals surface area contributed by atoms with Gasteiger partial charge in [-0.3, -0.25) is 4.79 Å². The van der Waals surface area contributed by atoms with E-state index in [1.54, 1.807) is 18.0 Å². The van der Waals surface area contributed by atoms with Crippen molar-refractivity contribution in [3.8, 4) is 0 Å². The molecule has 1 atom stereocenters. The van der Waals surface area contributed by atoms with Crippen LogP contribution in [0.2, 0.25) is 0 Å².